The molecule has 0 radical (unpaired) electrons. The number of nitrogens with one attached hydrogen (secondary N) is 1. The van der Waals surface area contributed by atoms with Gasteiger partial charge in [-0.05, 0) is 61.5 Å². The average Bonchev–Trinajstić information content (AvgIpc) is 2.90. The minimum Gasteiger partial charge on any atom is -0.492 e. The minimum absolute atomic E-state index is 0.0814. The van der Waals surface area contributed by atoms with Gasteiger partial charge in [-0.3, -0.25) is 9.10 Å². The smallest absolute Gasteiger partial charge is 0.264 e. The molecule has 1 aliphatic heterocycles. The summed E-state index contributed by atoms with van der Waals surface area (Å²) in [6, 6.07) is 16.9. The third kappa shape index (κ3) is 6.30. The number of amides is 1. The number of nitrogens with zero attached hydrogens (tertiary/aromatic N) is 2. The summed E-state index contributed by atoms with van der Waals surface area (Å²) in [6.45, 7) is 1.80. The lowest BCUT2D eigenvalue weighted by Crippen LogP contribution is -2.51. The van der Waals surface area contributed by atoms with Gasteiger partial charge in [0.25, 0.3) is 15.9 Å². The number of carbonyl (C=O) groups is 1. The second-order valence-electron chi connectivity index (χ2n) is 8.97. The van der Waals surface area contributed by atoms with E-state index in [9.17, 15) is 21.6 Å². The Labute approximate surface area is 233 Å². The van der Waals surface area contributed by atoms with Gasteiger partial charge in [0, 0.05) is 19.1 Å². The number of anilines is 1. The highest BCUT2D eigenvalue weighted by Crippen LogP contribution is 2.38. The predicted molar refractivity (Wildman–Crippen MR) is 147 cm³/mol. The number of aryl methyl sites for hydroxylation is 1. The molecular weight excluding hydrogens is 566 g/mol. The van der Waals surface area contributed by atoms with Crippen molar-refractivity contribution in [2.75, 3.05) is 38.1 Å². The Hall–Kier alpha value is -3.32. The topological polar surface area (TPSA) is 122 Å². The van der Waals surface area contributed by atoms with Crippen molar-refractivity contribution in [2.24, 2.45) is 0 Å². The second kappa shape index (κ2) is 11.4. The van der Waals surface area contributed by atoms with Crippen LogP contribution in [0.4, 0.5) is 5.69 Å². The predicted octanol–water partition coefficient (Wildman–Crippen LogP) is 3.05. The molecule has 0 unspecified atom stereocenters. The van der Waals surface area contributed by atoms with Gasteiger partial charge in [0.1, 0.15) is 18.1 Å². The number of sulfonamides is 2. The molecule has 0 saturated carbocycles. The van der Waals surface area contributed by atoms with Gasteiger partial charge >= 0.3 is 0 Å². The lowest BCUT2D eigenvalue weighted by molar-refractivity contribution is -0.127. The number of hydrogen-bond donors (Lipinski definition) is 1. The van der Waals surface area contributed by atoms with E-state index >= 15 is 0 Å². The van der Waals surface area contributed by atoms with Crippen molar-refractivity contribution in [2.45, 2.75) is 22.8 Å². The van der Waals surface area contributed by atoms with Gasteiger partial charge in [-0.2, -0.15) is 0 Å². The first-order valence-corrected chi connectivity index (χ1v) is 15.1. The summed E-state index contributed by atoms with van der Waals surface area (Å²) in [4.78, 5) is 13.2. The Morgan fingerprint density at radius 1 is 1.03 bits per heavy atom. The normalized spacial score (nSPS) is 15.4. The summed E-state index contributed by atoms with van der Waals surface area (Å²) in [5.74, 6) is 0.123. The Morgan fingerprint density at radius 3 is 2.31 bits per heavy atom. The first-order valence-electron chi connectivity index (χ1n) is 11.9. The maximum Gasteiger partial charge on any atom is 0.264 e. The third-order valence-electron chi connectivity index (χ3n) is 5.96. The molecule has 1 aliphatic rings. The van der Waals surface area contributed by atoms with Crippen LogP contribution >= 0.6 is 11.6 Å². The number of carbonyl (C=O) groups excluding carboxylic acids is 1. The van der Waals surface area contributed by atoms with Crippen molar-refractivity contribution in [3.05, 3.63) is 77.3 Å². The van der Waals surface area contributed by atoms with Crippen LogP contribution in [0.5, 0.6) is 11.5 Å². The van der Waals surface area contributed by atoms with Gasteiger partial charge in [-0.15, -0.1) is 0 Å². The summed E-state index contributed by atoms with van der Waals surface area (Å²) in [5, 5.41) is 3.02. The molecule has 0 aliphatic carbocycles. The summed E-state index contributed by atoms with van der Waals surface area (Å²) >= 11 is 6.14. The molecule has 4 rings (SSSR count). The van der Waals surface area contributed by atoms with E-state index in [0.29, 0.717) is 10.8 Å². The van der Waals surface area contributed by atoms with Crippen LogP contribution in [0.15, 0.2) is 76.5 Å². The lowest BCUT2D eigenvalue weighted by Gasteiger charge is -2.34. The Kier molecular flexibility index (Phi) is 8.40. The van der Waals surface area contributed by atoms with Crippen LogP contribution in [0.2, 0.25) is 5.02 Å². The molecule has 13 heteroatoms. The van der Waals surface area contributed by atoms with Gasteiger partial charge in [0.2, 0.25) is 10.0 Å². The maximum atomic E-state index is 13.5. The van der Waals surface area contributed by atoms with Crippen molar-refractivity contribution in [1.82, 2.24) is 9.62 Å². The van der Waals surface area contributed by atoms with Crippen LogP contribution in [0.3, 0.4) is 0 Å². The van der Waals surface area contributed by atoms with Gasteiger partial charge in [-0.1, -0.05) is 29.3 Å². The molecule has 10 nitrogen and oxygen atoms in total. The summed E-state index contributed by atoms with van der Waals surface area (Å²) < 4.78 is 65.1. The lowest BCUT2D eigenvalue weighted by atomic mass is 10.2. The molecular formula is C26H28ClN3O7S2. The van der Waals surface area contributed by atoms with Crippen LogP contribution < -0.4 is 19.1 Å². The molecule has 1 heterocycles. The Morgan fingerprint density at radius 2 is 1.67 bits per heavy atom. The molecule has 1 atom stereocenters. The molecule has 0 saturated heterocycles. The zero-order valence-electron chi connectivity index (χ0n) is 21.5. The second-order valence-corrected chi connectivity index (χ2v) is 13.4. The molecule has 0 spiro atoms. The zero-order chi connectivity index (χ0) is 28.4. The molecule has 208 valence electrons. The van der Waals surface area contributed by atoms with E-state index in [1.807, 2.05) is 6.92 Å². The Bertz CT molecular complexity index is 1560. The quantitative estimate of drug-likeness (QED) is 0.378. The van der Waals surface area contributed by atoms with Crippen LogP contribution in [0, 0.1) is 6.92 Å². The van der Waals surface area contributed by atoms with Crippen molar-refractivity contribution in [1.29, 1.82) is 0 Å². The van der Waals surface area contributed by atoms with E-state index in [4.69, 9.17) is 21.1 Å². The molecule has 0 aromatic heterocycles. The van der Waals surface area contributed by atoms with E-state index in [2.05, 4.69) is 5.32 Å². The molecule has 0 fully saturated rings. The molecule has 0 bridgehead atoms. The number of rotatable bonds is 9. The largest absolute Gasteiger partial charge is 0.492 e. The molecule has 3 aromatic carbocycles. The monoisotopic (exact) mass is 593 g/mol. The van der Waals surface area contributed by atoms with E-state index in [0.717, 1.165) is 14.2 Å². The minimum atomic E-state index is -4.01. The number of benzene rings is 3. The Balaban J connectivity index is 1.42. The highest BCUT2D eigenvalue weighted by atomic mass is 35.5. The van der Waals surface area contributed by atoms with Crippen molar-refractivity contribution < 1.29 is 31.1 Å². The number of fused-ring (bicyclic) bond motifs is 1. The summed E-state index contributed by atoms with van der Waals surface area (Å²) in [7, 11) is -4.66. The summed E-state index contributed by atoms with van der Waals surface area (Å²) in [5.41, 5.74) is 1.16. The SMILES string of the molecule is Cc1ccc(S(=O)(=O)N2C[C@H](C(=O)NCCOc3ccc(S(=O)(=O)N(C)C)cc3)Oc3ccc(Cl)cc32)cc1. The third-order valence-corrected chi connectivity index (χ3v) is 9.82. The molecule has 1 amide bonds. The van der Waals surface area contributed by atoms with E-state index in [1.165, 1.54) is 62.6 Å². The molecule has 39 heavy (non-hydrogen) atoms. The van der Waals surface area contributed by atoms with Crippen LogP contribution in [0.25, 0.3) is 0 Å². The van der Waals surface area contributed by atoms with Crippen molar-refractivity contribution >= 4 is 43.2 Å². The maximum absolute atomic E-state index is 13.5. The highest BCUT2D eigenvalue weighted by Gasteiger charge is 2.37. The van der Waals surface area contributed by atoms with Gasteiger partial charge in [-0.25, -0.2) is 21.1 Å². The first-order chi connectivity index (χ1) is 18.4. The summed E-state index contributed by atoms with van der Waals surface area (Å²) in [6.07, 6.45) is -1.12. The van der Waals surface area contributed by atoms with Crippen molar-refractivity contribution in [3.8, 4) is 11.5 Å². The van der Waals surface area contributed by atoms with E-state index in [1.54, 1.807) is 18.2 Å². The van der Waals surface area contributed by atoms with Gasteiger partial charge in [0.15, 0.2) is 6.10 Å². The first kappa shape index (κ1) is 28.7. The fraction of sp³-hybridized carbons (Fsp3) is 0.269. The average molecular weight is 594 g/mol. The van der Waals surface area contributed by atoms with Crippen LogP contribution in [-0.2, 0) is 24.8 Å². The molecule has 1 N–H and O–H groups in total. The van der Waals surface area contributed by atoms with Gasteiger partial charge in [0.05, 0.1) is 28.6 Å². The van der Waals surface area contributed by atoms with Gasteiger partial charge < -0.3 is 14.8 Å². The van der Waals surface area contributed by atoms with E-state index < -0.39 is 32.1 Å². The molecule has 3 aromatic rings. The highest BCUT2D eigenvalue weighted by molar-refractivity contribution is 7.92. The zero-order valence-corrected chi connectivity index (χ0v) is 23.9. The van der Waals surface area contributed by atoms with Crippen LogP contribution in [0.1, 0.15) is 5.56 Å². The number of hydrogen-bond acceptors (Lipinski definition) is 7. The number of ether oxygens (including phenoxy) is 2. The fourth-order valence-corrected chi connectivity index (χ4v) is 6.34. The number of halogens is 1. The van der Waals surface area contributed by atoms with Crippen LogP contribution in [-0.4, -0.2) is 66.9 Å². The van der Waals surface area contributed by atoms with Crippen molar-refractivity contribution in [3.63, 3.8) is 0 Å². The van der Waals surface area contributed by atoms with E-state index in [-0.39, 0.29) is 40.9 Å². The fourth-order valence-electron chi connectivity index (χ4n) is 3.80. The standard InChI is InChI=1S/C26H28ClN3O7S2/c1-18-4-9-22(10-5-18)39(34,35)30-17-25(37-24-13-6-19(27)16-23(24)30)26(31)28-14-15-36-20-7-11-21(12-8-20)38(32,33)29(2)3/h4-13,16,25H,14-15,17H2,1-3H3,(H,28,31)/t25-/m1/s1.